The summed E-state index contributed by atoms with van der Waals surface area (Å²) >= 11 is 3.35. The van der Waals surface area contributed by atoms with E-state index >= 15 is 0 Å². The van der Waals surface area contributed by atoms with Crippen LogP contribution in [0.15, 0.2) is 0 Å². The number of amides is 1. The van der Waals surface area contributed by atoms with Gasteiger partial charge in [0.25, 0.3) is 0 Å². The second-order valence-corrected chi connectivity index (χ2v) is 3.86. The van der Waals surface area contributed by atoms with E-state index < -0.39 is 0 Å². The van der Waals surface area contributed by atoms with E-state index in [1.54, 1.807) is 0 Å². The highest BCUT2D eigenvalue weighted by Crippen LogP contribution is 1.96. The zero-order valence-electron chi connectivity index (χ0n) is 9.09. The molecular formula is C10H20BrNO2. The number of hydrogen-bond donors (Lipinski definition) is 0. The second kappa shape index (κ2) is 9.46. The van der Waals surface area contributed by atoms with Gasteiger partial charge in [-0.25, -0.2) is 0 Å². The first-order chi connectivity index (χ1) is 6.76. The average Bonchev–Trinajstić information content (AvgIpc) is 2.19. The van der Waals surface area contributed by atoms with Gasteiger partial charge in [0, 0.05) is 25.0 Å². The molecule has 0 bridgehead atoms. The summed E-state index contributed by atoms with van der Waals surface area (Å²) in [6.07, 6.45) is 1.95. The van der Waals surface area contributed by atoms with Crippen molar-refractivity contribution in [2.24, 2.45) is 0 Å². The van der Waals surface area contributed by atoms with Crippen LogP contribution in [0.4, 0.5) is 0 Å². The van der Waals surface area contributed by atoms with Gasteiger partial charge < -0.3 is 9.64 Å². The number of nitrogens with zero attached hydrogens (tertiary/aromatic N) is 1. The minimum atomic E-state index is 0.0990. The van der Waals surface area contributed by atoms with Crippen molar-refractivity contribution in [1.29, 1.82) is 0 Å². The molecule has 0 fully saturated rings. The SMILES string of the molecule is CCCOCC(=O)N(CC)CCCBr. The van der Waals surface area contributed by atoms with Crippen molar-refractivity contribution in [3.63, 3.8) is 0 Å². The summed E-state index contributed by atoms with van der Waals surface area (Å²) in [5.41, 5.74) is 0. The molecule has 1 amide bonds. The number of carbonyl (C=O) groups excluding carboxylic acids is 1. The Balaban J connectivity index is 3.67. The van der Waals surface area contributed by atoms with E-state index in [0.29, 0.717) is 6.61 Å². The van der Waals surface area contributed by atoms with Gasteiger partial charge in [-0.05, 0) is 19.8 Å². The summed E-state index contributed by atoms with van der Waals surface area (Å²) in [5.74, 6) is 0.0990. The normalized spacial score (nSPS) is 10.2. The van der Waals surface area contributed by atoms with Crippen molar-refractivity contribution in [1.82, 2.24) is 4.90 Å². The number of ether oxygens (including phenoxy) is 1. The van der Waals surface area contributed by atoms with Crippen LogP contribution >= 0.6 is 15.9 Å². The largest absolute Gasteiger partial charge is 0.372 e. The molecule has 0 heterocycles. The standard InChI is InChI=1S/C10H20BrNO2/c1-3-8-14-9-10(13)12(4-2)7-5-6-11/h3-9H2,1-2H3. The minimum absolute atomic E-state index is 0.0990. The van der Waals surface area contributed by atoms with Crippen LogP contribution < -0.4 is 0 Å². The van der Waals surface area contributed by atoms with Crippen LogP contribution in [0.5, 0.6) is 0 Å². The first-order valence-corrected chi connectivity index (χ1v) is 6.29. The van der Waals surface area contributed by atoms with Gasteiger partial charge in [0.05, 0.1) is 0 Å². The number of likely N-dealkylation sites (N-methyl/N-ethyl adjacent to an activating group) is 1. The first-order valence-electron chi connectivity index (χ1n) is 5.17. The third kappa shape index (κ3) is 6.38. The Morgan fingerprint density at radius 2 is 2.14 bits per heavy atom. The topological polar surface area (TPSA) is 29.5 Å². The fraction of sp³-hybridized carbons (Fsp3) is 0.900. The first kappa shape index (κ1) is 13.9. The number of halogens is 1. The second-order valence-electron chi connectivity index (χ2n) is 3.07. The molecule has 3 nitrogen and oxygen atoms in total. The Hall–Kier alpha value is -0.0900. The van der Waals surface area contributed by atoms with Crippen molar-refractivity contribution in [2.45, 2.75) is 26.7 Å². The zero-order chi connectivity index (χ0) is 10.8. The maximum absolute atomic E-state index is 11.5. The van der Waals surface area contributed by atoms with Gasteiger partial charge in [-0.15, -0.1) is 0 Å². The van der Waals surface area contributed by atoms with Crippen LogP contribution in [0.3, 0.4) is 0 Å². The van der Waals surface area contributed by atoms with Gasteiger partial charge in [0.2, 0.25) is 5.91 Å². The summed E-state index contributed by atoms with van der Waals surface area (Å²) in [6.45, 7) is 6.50. The minimum Gasteiger partial charge on any atom is -0.372 e. The summed E-state index contributed by atoms with van der Waals surface area (Å²) in [7, 11) is 0. The molecule has 0 atom stereocenters. The Morgan fingerprint density at radius 3 is 2.64 bits per heavy atom. The van der Waals surface area contributed by atoms with E-state index in [4.69, 9.17) is 4.74 Å². The quantitative estimate of drug-likeness (QED) is 0.497. The number of alkyl halides is 1. The Morgan fingerprint density at radius 1 is 1.43 bits per heavy atom. The highest BCUT2D eigenvalue weighted by Gasteiger charge is 2.10. The Labute approximate surface area is 94.9 Å². The van der Waals surface area contributed by atoms with E-state index in [-0.39, 0.29) is 12.5 Å². The molecule has 0 aromatic heterocycles. The predicted molar refractivity (Wildman–Crippen MR) is 61.8 cm³/mol. The van der Waals surface area contributed by atoms with Crippen LogP contribution in [0.1, 0.15) is 26.7 Å². The van der Waals surface area contributed by atoms with Crippen LogP contribution in [0.25, 0.3) is 0 Å². The third-order valence-corrected chi connectivity index (χ3v) is 2.43. The fourth-order valence-electron chi connectivity index (χ4n) is 1.10. The van der Waals surface area contributed by atoms with Crippen molar-refractivity contribution in [3.8, 4) is 0 Å². The molecular weight excluding hydrogens is 246 g/mol. The van der Waals surface area contributed by atoms with Crippen molar-refractivity contribution in [2.75, 3.05) is 31.6 Å². The van der Waals surface area contributed by atoms with E-state index in [1.165, 1.54) is 0 Å². The highest BCUT2D eigenvalue weighted by atomic mass is 79.9. The molecule has 0 aliphatic carbocycles. The van der Waals surface area contributed by atoms with E-state index in [2.05, 4.69) is 15.9 Å². The molecule has 0 saturated heterocycles. The van der Waals surface area contributed by atoms with Gasteiger partial charge in [0.1, 0.15) is 6.61 Å². The maximum atomic E-state index is 11.5. The Bertz CT molecular complexity index is 153. The molecule has 0 unspecified atom stereocenters. The molecule has 0 aromatic rings. The van der Waals surface area contributed by atoms with Crippen LogP contribution in [-0.2, 0) is 9.53 Å². The van der Waals surface area contributed by atoms with Gasteiger partial charge in [-0.1, -0.05) is 22.9 Å². The zero-order valence-corrected chi connectivity index (χ0v) is 10.7. The molecule has 0 N–H and O–H groups in total. The number of rotatable bonds is 8. The molecule has 14 heavy (non-hydrogen) atoms. The smallest absolute Gasteiger partial charge is 0.248 e. The lowest BCUT2D eigenvalue weighted by Crippen LogP contribution is -2.34. The lowest BCUT2D eigenvalue weighted by atomic mass is 10.4. The summed E-state index contributed by atoms with van der Waals surface area (Å²) in [4.78, 5) is 13.4. The lowest BCUT2D eigenvalue weighted by Gasteiger charge is -2.20. The average molecular weight is 266 g/mol. The summed E-state index contributed by atoms with van der Waals surface area (Å²) in [6, 6.07) is 0. The van der Waals surface area contributed by atoms with Crippen LogP contribution in [0, 0.1) is 0 Å². The molecule has 0 saturated carbocycles. The monoisotopic (exact) mass is 265 g/mol. The molecule has 0 rings (SSSR count). The maximum Gasteiger partial charge on any atom is 0.248 e. The van der Waals surface area contributed by atoms with Crippen molar-refractivity contribution in [3.05, 3.63) is 0 Å². The Kier molecular flexibility index (Phi) is 9.40. The van der Waals surface area contributed by atoms with Gasteiger partial charge in [-0.3, -0.25) is 4.79 Å². The van der Waals surface area contributed by atoms with Crippen LogP contribution in [-0.4, -0.2) is 42.4 Å². The van der Waals surface area contributed by atoms with Crippen molar-refractivity contribution >= 4 is 21.8 Å². The number of hydrogen-bond acceptors (Lipinski definition) is 2. The third-order valence-electron chi connectivity index (χ3n) is 1.87. The highest BCUT2D eigenvalue weighted by molar-refractivity contribution is 9.09. The van der Waals surface area contributed by atoms with Crippen LogP contribution in [0.2, 0.25) is 0 Å². The lowest BCUT2D eigenvalue weighted by molar-refractivity contribution is -0.135. The molecule has 0 aliphatic rings. The van der Waals surface area contributed by atoms with Gasteiger partial charge >= 0.3 is 0 Å². The fourth-order valence-corrected chi connectivity index (χ4v) is 1.36. The molecule has 0 aliphatic heterocycles. The van der Waals surface area contributed by atoms with Gasteiger partial charge in [0.15, 0.2) is 0 Å². The van der Waals surface area contributed by atoms with Crippen molar-refractivity contribution < 1.29 is 9.53 Å². The molecule has 0 radical (unpaired) electrons. The van der Waals surface area contributed by atoms with E-state index in [0.717, 1.165) is 31.3 Å². The van der Waals surface area contributed by atoms with E-state index in [1.807, 2.05) is 18.7 Å². The number of carbonyl (C=O) groups is 1. The molecule has 0 aromatic carbocycles. The predicted octanol–water partition coefficient (Wildman–Crippen LogP) is 2.05. The molecule has 0 spiro atoms. The molecule has 4 heteroatoms. The summed E-state index contributed by atoms with van der Waals surface area (Å²) in [5, 5.41) is 0.937. The van der Waals surface area contributed by atoms with Gasteiger partial charge in [-0.2, -0.15) is 0 Å². The summed E-state index contributed by atoms with van der Waals surface area (Å²) < 4.78 is 5.20. The molecule has 84 valence electrons. The van der Waals surface area contributed by atoms with E-state index in [9.17, 15) is 4.79 Å².